The molecule has 0 unspecified atom stereocenters. The Morgan fingerprint density at radius 1 is 1.37 bits per heavy atom. The largest absolute Gasteiger partial charge is 0.397 e. The molecule has 0 aliphatic carbocycles. The van der Waals surface area contributed by atoms with E-state index in [2.05, 4.69) is 5.10 Å². The van der Waals surface area contributed by atoms with Crippen molar-refractivity contribution in [1.29, 1.82) is 0 Å². The van der Waals surface area contributed by atoms with Crippen LogP contribution in [0.2, 0.25) is 0 Å². The zero-order chi connectivity index (χ0) is 14.2. The summed E-state index contributed by atoms with van der Waals surface area (Å²) in [5, 5.41) is 15.3. The quantitative estimate of drug-likeness (QED) is 0.825. The Hall–Kier alpha value is -1.75. The lowest BCUT2D eigenvalue weighted by Crippen LogP contribution is -2.21. The van der Waals surface area contributed by atoms with E-state index in [0.29, 0.717) is 13.0 Å². The molecule has 0 amide bonds. The number of hydrogen-bond donors (Lipinski definition) is 2. The molecule has 0 saturated heterocycles. The van der Waals surface area contributed by atoms with Crippen LogP contribution in [0.4, 0.5) is 11.4 Å². The van der Waals surface area contributed by atoms with Crippen molar-refractivity contribution in [1.82, 2.24) is 9.78 Å². The lowest BCUT2D eigenvalue weighted by atomic mass is 10.1. The molecule has 19 heavy (non-hydrogen) atoms. The first kappa shape index (κ1) is 13.7. The molecule has 1 heterocycles. The Morgan fingerprint density at radius 2 is 2.05 bits per heavy atom. The molecule has 0 fully saturated rings. The van der Waals surface area contributed by atoms with Gasteiger partial charge in [0.25, 0.3) is 0 Å². The van der Waals surface area contributed by atoms with Crippen molar-refractivity contribution < 1.29 is 5.11 Å². The van der Waals surface area contributed by atoms with E-state index in [1.54, 1.807) is 13.8 Å². The number of rotatable bonds is 4. The number of nitrogens with zero attached hydrogens (tertiary/aromatic N) is 3. The van der Waals surface area contributed by atoms with Crippen LogP contribution in [-0.2, 0) is 6.54 Å². The van der Waals surface area contributed by atoms with Gasteiger partial charge >= 0.3 is 0 Å². The third kappa shape index (κ3) is 3.17. The highest BCUT2D eigenvalue weighted by Crippen LogP contribution is 2.27. The first-order valence-corrected chi connectivity index (χ1v) is 6.43. The molecular formula is C14H22N4O. The van der Waals surface area contributed by atoms with E-state index in [0.717, 1.165) is 22.3 Å². The van der Waals surface area contributed by atoms with Crippen LogP contribution in [0.1, 0.15) is 20.3 Å². The maximum absolute atomic E-state index is 9.75. The number of aromatic nitrogens is 2. The molecule has 0 aliphatic rings. The Labute approximate surface area is 113 Å². The number of benzene rings is 1. The number of aliphatic hydroxyl groups is 1. The summed E-state index contributed by atoms with van der Waals surface area (Å²) in [7, 11) is 3.92. The molecule has 0 saturated carbocycles. The number of hydrogen-bond acceptors (Lipinski definition) is 4. The van der Waals surface area contributed by atoms with Gasteiger partial charge in [-0.1, -0.05) is 0 Å². The zero-order valence-electron chi connectivity index (χ0n) is 12.0. The predicted octanol–water partition coefficient (Wildman–Crippen LogP) is 1.85. The van der Waals surface area contributed by atoms with Gasteiger partial charge in [-0.3, -0.25) is 4.68 Å². The minimum absolute atomic E-state index is 0.664. The van der Waals surface area contributed by atoms with Crippen LogP contribution in [0.15, 0.2) is 18.3 Å². The van der Waals surface area contributed by atoms with Crippen LogP contribution in [0, 0.1) is 0 Å². The minimum Gasteiger partial charge on any atom is -0.397 e. The molecule has 0 spiro atoms. The summed E-state index contributed by atoms with van der Waals surface area (Å²) in [5.41, 5.74) is 7.99. The van der Waals surface area contributed by atoms with Crippen molar-refractivity contribution in [3.63, 3.8) is 0 Å². The molecule has 5 nitrogen and oxygen atoms in total. The van der Waals surface area contributed by atoms with E-state index in [1.165, 1.54) is 0 Å². The lowest BCUT2D eigenvalue weighted by Gasteiger charge is -2.16. The normalized spacial score (nSPS) is 12.1. The summed E-state index contributed by atoms with van der Waals surface area (Å²) in [4.78, 5) is 1.98. The summed E-state index contributed by atoms with van der Waals surface area (Å²) in [6, 6.07) is 3.93. The van der Waals surface area contributed by atoms with E-state index in [4.69, 9.17) is 5.73 Å². The monoisotopic (exact) mass is 262 g/mol. The second kappa shape index (κ2) is 4.74. The molecule has 2 rings (SSSR count). The smallest absolute Gasteiger partial charge is 0.0945 e. The number of nitrogens with two attached hydrogens (primary N) is 1. The summed E-state index contributed by atoms with van der Waals surface area (Å²) in [6.45, 7) is 4.30. The van der Waals surface area contributed by atoms with Gasteiger partial charge in [-0.2, -0.15) is 5.10 Å². The third-order valence-electron chi connectivity index (χ3n) is 3.13. The Balaban J connectivity index is 2.30. The topological polar surface area (TPSA) is 67.3 Å². The minimum atomic E-state index is -0.675. The highest BCUT2D eigenvalue weighted by atomic mass is 16.3. The first-order valence-electron chi connectivity index (χ1n) is 6.43. The molecular weight excluding hydrogens is 240 g/mol. The average molecular weight is 262 g/mol. The number of nitrogen functional groups attached to an aromatic ring is 1. The molecule has 0 radical (unpaired) electrons. The van der Waals surface area contributed by atoms with Gasteiger partial charge in [0, 0.05) is 32.2 Å². The second-order valence-electron chi connectivity index (χ2n) is 5.82. The van der Waals surface area contributed by atoms with Gasteiger partial charge in [0.2, 0.25) is 0 Å². The lowest BCUT2D eigenvalue weighted by molar-refractivity contribution is 0.0651. The predicted molar refractivity (Wildman–Crippen MR) is 79.4 cm³/mol. The Bertz CT molecular complexity index is 581. The highest BCUT2D eigenvalue weighted by Gasteiger charge is 2.13. The van der Waals surface area contributed by atoms with Crippen molar-refractivity contribution in [2.45, 2.75) is 32.4 Å². The molecule has 5 heteroatoms. The van der Waals surface area contributed by atoms with E-state index < -0.39 is 5.60 Å². The van der Waals surface area contributed by atoms with Gasteiger partial charge in [0.05, 0.1) is 22.5 Å². The van der Waals surface area contributed by atoms with Crippen molar-refractivity contribution >= 4 is 22.3 Å². The fourth-order valence-corrected chi connectivity index (χ4v) is 2.02. The van der Waals surface area contributed by atoms with Gasteiger partial charge in [-0.15, -0.1) is 0 Å². The second-order valence-corrected chi connectivity index (χ2v) is 5.82. The maximum atomic E-state index is 9.75. The van der Waals surface area contributed by atoms with Crippen LogP contribution in [-0.4, -0.2) is 34.6 Å². The van der Waals surface area contributed by atoms with Gasteiger partial charge in [0.15, 0.2) is 0 Å². The molecule has 104 valence electrons. The summed E-state index contributed by atoms with van der Waals surface area (Å²) in [6.07, 6.45) is 2.63. The molecule has 1 aromatic carbocycles. The zero-order valence-corrected chi connectivity index (χ0v) is 12.0. The number of fused-ring (bicyclic) bond motifs is 1. The van der Waals surface area contributed by atoms with Gasteiger partial charge in [0.1, 0.15) is 0 Å². The molecule has 3 N–H and O–H groups in total. The highest BCUT2D eigenvalue weighted by molar-refractivity contribution is 5.88. The number of aryl methyl sites for hydroxylation is 1. The van der Waals surface area contributed by atoms with Crippen molar-refractivity contribution in [3.8, 4) is 0 Å². The summed E-state index contributed by atoms with van der Waals surface area (Å²) >= 11 is 0. The van der Waals surface area contributed by atoms with Crippen LogP contribution >= 0.6 is 0 Å². The summed E-state index contributed by atoms with van der Waals surface area (Å²) < 4.78 is 1.86. The fraction of sp³-hybridized carbons (Fsp3) is 0.500. The van der Waals surface area contributed by atoms with E-state index in [9.17, 15) is 5.11 Å². The van der Waals surface area contributed by atoms with Crippen molar-refractivity contribution in [2.24, 2.45) is 0 Å². The first-order chi connectivity index (χ1) is 8.76. The van der Waals surface area contributed by atoms with Gasteiger partial charge in [-0.25, -0.2) is 0 Å². The maximum Gasteiger partial charge on any atom is 0.0945 e. The van der Waals surface area contributed by atoms with Crippen molar-refractivity contribution in [3.05, 3.63) is 18.3 Å². The molecule has 2 aromatic rings. The van der Waals surface area contributed by atoms with Gasteiger partial charge in [-0.05, 0) is 32.4 Å². The average Bonchev–Trinajstić information content (AvgIpc) is 2.65. The Kier molecular flexibility index (Phi) is 3.41. The molecule has 1 aromatic heterocycles. The molecule has 0 aliphatic heterocycles. The van der Waals surface area contributed by atoms with Gasteiger partial charge < -0.3 is 15.7 Å². The SMILES string of the molecule is CN(C)c1cc2nn(CCC(C)(C)O)cc2cc1N. The van der Waals surface area contributed by atoms with Crippen LogP contribution in [0.3, 0.4) is 0 Å². The molecule has 0 bridgehead atoms. The van der Waals surface area contributed by atoms with E-state index >= 15 is 0 Å². The third-order valence-corrected chi connectivity index (χ3v) is 3.13. The van der Waals surface area contributed by atoms with E-state index in [-0.39, 0.29) is 0 Å². The summed E-state index contributed by atoms with van der Waals surface area (Å²) in [5.74, 6) is 0. The van der Waals surface area contributed by atoms with Crippen LogP contribution in [0.25, 0.3) is 10.9 Å². The standard InChI is InChI=1S/C14H22N4O/c1-14(2,19)5-6-18-9-10-7-11(15)13(17(3)4)8-12(10)16-18/h7-9,19H,5-6,15H2,1-4H3. The molecule has 0 atom stereocenters. The van der Waals surface area contributed by atoms with Crippen LogP contribution in [0.5, 0.6) is 0 Å². The van der Waals surface area contributed by atoms with E-state index in [1.807, 2.05) is 42.0 Å². The van der Waals surface area contributed by atoms with Crippen molar-refractivity contribution in [2.75, 3.05) is 24.7 Å². The van der Waals surface area contributed by atoms with Crippen LogP contribution < -0.4 is 10.6 Å². The fourth-order valence-electron chi connectivity index (χ4n) is 2.02. The number of anilines is 2. The Morgan fingerprint density at radius 3 is 2.63 bits per heavy atom.